The maximum atomic E-state index is 4.75. The Morgan fingerprint density at radius 1 is 0.436 bits per heavy atom. The Balaban J connectivity index is 0.993. The highest BCUT2D eigenvalue weighted by Crippen LogP contribution is 2.59. The topological polar surface area (TPSA) is 0 Å². The number of rotatable bonds is 3. The largest absolute Gasteiger partial charge is 0.0905 e. The predicted octanol–water partition coefficient (Wildman–Crippen LogP) is 14.9. The average molecular weight is 697 g/mol. The van der Waals surface area contributed by atoms with Gasteiger partial charge >= 0.3 is 0 Å². The highest BCUT2D eigenvalue weighted by Gasteiger charge is 2.40. The minimum atomic E-state index is -0.166. The third-order valence-corrected chi connectivity index (χ3v) is 13.0. The summed E-state index contributed by atoms with van der Waals surface area (Å²) in [6, 6.07) is 58.8. The van der Waals surface area contributed by atoms with E-state index in [0.717, 1.165) is 22.3 Å². The Morgan fingerprint density at radius 2 is 1.02 bits per heavy atom. The Bertz CT molecular complexity index is 3260. The zero-order chi connectivity index (χ0) is 36.7. The second kappa shape index (κ2) is 10.7. The van der Waals surface area contributed by atoms with Crippen molar-refractivity contribution in [2.45, 2.75) is 19.3 Å². The minimum absolute atomic E-state index is 0.166. The third kappa shape index (κ3) is 4.06. The fourth-order valence-electron chi connectivity index (χ4n) is 10.2. The monoisotopic (exact) mass is 696 g/mol. The van der Waals surface area contributed by atoms with Crippen LogP contribution in [0.5, 0.6) is 0 Å². The molecule has 9 aromatic carbocycles. The van der Waals surface area contributed by atoms with Crippen molar-refractivity contribution in [2.24, 2.45) is 0 Å². The van der Waals surface area contributed by atoms with Crippen molar-refractivity contribution < 1.29 is 0 Å². The van der Waals surface area contributed by atoms with Gasteiger partial charge in [-0.3, -0.25) is 0 Å². The molecule has 9 aromatic rings. The zero-order valence-electron chi connectivity index (χ0n) is 30.9. The van der Waals surface area contributed by atoms with Gasteiger partial charge in [0.15, 0.2) is 0 Å². The molecular weight excluding hydrogens is 661 g/mol. The zero-order valence-corrected chi connectivity index (χ0v) is 30.9. The molecule has 0 aliphatic heterocycles. The summed E-state index contributed by atoms with van der Waals surface area (Å²) >= 11 is 0. The molecule has 256 valence electrons. The van der Waals surface area contributed by atoms with Crippen LogP contribution >= 0.6 is 0 Å². The molecule has 55 heavy (non-hydrogen) atoms. The first-order valence-electron chi connectivity index (χ1n) is 19.3. The number of benzene rings is 9. The van der Waals surface area contributed by atoms with Crippen molar-refractivity contribution >= 4 is 43.5 Å². The van der Waals surface area contributed by atoms with Crippen LogP contribution in [0.4, 0.5) is 0 Å². The second-order valence-corrected chi connectivity index (χ2v) is 16.2. The van der Waals surface area contributed by atoms with Crippen LogP contribution in [-0.4, -0.2) is 0 Å². The summed E-state index contributed by atoms with van der Waals surface area (Å²) in [5.41, 5.74) is 22.5. The first-order chi connectivity index (χ1) is 26.8. The quantitative estimate of drug-likeness (QED) is 0.172. The molecule has 0 saturated heterocycles. The van der Waals surface area contributed by atoms with Crippen LogP contribution in [0.3, 0.4) is 0 Å². The van der Waals surface area contributed by atoms with Crippen molar-refractivity contribution in [2.75, 3.05) is 0 Å². The van der Waals surface area contributed by atoms with Crippen LogP contribution < -0.4 is 0 Å². The summed E-state index contributed by atoms with van der Waals surface area (Å²) in [5, 5.41) is 7.69. The lowest BCUT2D eigenvalue weighted by Crippen LogP contribution is -2.15. The van der Waals surface area contributed by atoms with Gasteiger partial charge in [0.2, 0.25) is 0 Å². The molecule has 0 bridgehead atoms. The predicted molar refractivity (Wildman–Crippen MR) is 235 cm³/mol. The molecule has 0 heterocycles. The lowest BCUT2D eigenvalue weighted by molar-refractivity contribution is 0.660. The molecule has 0 aromatic heterocycles. The van der Waals surface area contributed by atoms with Gasteiger partial charge in [-0.1, -0.05) is 148 Å². The summed E-state index contributed by atoms with van der Waals surface area (Å²) in [6.45, 7) is 14.2. The van der Waals surface area contributed by atoms with E-state index in [2.05, 4.69) is 178 Å². The summed E-state index contributed by atoms with van der Waals surface area (Å²) < 4.78 is 0. The van der Waals surface area contributed by atoms with E-state index in [-0.39, 0.29) is 5.41 Å². The first kappa shape index (κ1) is 30.7. The van der Waals surface area contributed by atoms with E-state index in [9.17, 15) is 0 Å². The van der Waals surface area contributed by atoms with Crippen LogP contribution in [0.15, 0.2) is 171 Å². The number of fused-ring (bicyclic) bond motifs is 11. The van der Waals surface area contributed by atoms with E-state index >= 15 is 0 Å². The first-order valence-corrected chi connectivity index (χ1v) is 19.3. The summed E-state index contributed by atoms with van der Waals surface area (Å²) in [4.78, 5) is 0. The molecule has 3 aliphatic carbocycles. The van der Waals surface area contributed by atoms with Crippen LogP contribution in [0.25, 0.3) is 99.1 Å². The SMILES string of the molecule is C=C(c1ccc2ccccc2c1)c1cccc2c1C(=C)c1cc3c(cc1-2)-c1cc2c(cc1C3(C)C)-c1ccc(-c3ccc4ccccc4c3)c3cccc-2c13. The Morgan fingerprint density at radius 3 is 1.78 bits per heavy atom. The van der Waals surface area contributed by atoms with E-state index < -0.39 is 0 Å². The molecule has 0 unspecified atom stereocenters. The van der Waals surface area contributed by atoms with Crippen molar-refractivity contribution in [1.29, 1.82) is 0 Å². The summed E-state index contributed by atoms with van der Waals surface area (Å²) in [7, 11) is 0. The molecule has 0 radical (unpaired) electrons. The lowest BCUT2D eigenvalue weighted by atomic mass is 9.80. The Labute approximate surface area is 321 Å². The van der Waals surface area contributed by atoms with Gasteiger partial charge in [-0.2, -0.15) is 0 Å². The van der Waals surface area contributed by atoms with Crippen molar-refractivity contribution in [3.8, 4) is 55.6 Å². The summed E-state index contributed by atoms with van der Waals surface area (Å²) in [5.74, 6) is 0. The van der Waals surface area contributed by atoms with E-state index in [1.54, 1.807) is 0 Å². The average Bonchev–Trinajstić information content (AvgIpc) is 3.78. The smallest absolute Gasteiger partial charge is 0.0159 e. The van der Waals surface area contributed by atoms with E-state index in [1.165, 1.54) is 110 Å². The van der Waals surface area contributed by atoms with Crippen LogP contribution in [0.1, 0.15) is 47.2 Å². The van der Waals surface area contributed by atoms with E-state index in [1.807, 2.05) is 0 Å². The normalized spacial score (nSPS) is 13.9. The minimum Gasteiger partial charge on any atom is -0.0905 e. The molecule has 3 aliphatic rings. The molecule has 0 N–H and O–H groups in total. The lowest BCUT2D eigenvalue weighted by Gasteiger charge is -2.23. The summed E-state index contributed by atoms with van der Waals surface area (Å²) in [6.07, 6.45) is 0. The van der Waals surface area contributed by atoms with Gasteiger partial charge < -0.3 is 0 Å². The molecule has 0 fully saturated rings. The van der Waals surface area contributed by atoms with Gasteiger partial charge in [0, 0.05) is 5.41 Å². The molecule has 12 rings (SSSR count). The van der Waals surface area contributed by atoms with Gasteiger partial charge in [0.1, 0.15) is 0 Å². The molecule has 0 heteroatoms. The van der Waals surface area contributed by atoms with Crippen LogP contribution in [0.2, 0.25) is 0 Å². The van der Waals surface area contributed by atoms with Gasteiger partial charge in [0.05, 0.1) is 0 Å². The second-order valence-electron chi connectivity index (χ2n) is 16.2. The number of hydrogen-bond donors (Lipinski definition) is 0. The Hall–Kier alpha value is -6.76. The van der Waals surface area contributed by atoms with Gasteiger partial charge in [0.25, 0.3) is 0 Å². The molecule has 0 nitrogen and oxygen atoms in total. The van der Waals surface area contributed by atoms with Gasteiger partial charge in [-0.15, -0.1) is 0 Å². The van der Waals surface area contributed by atoms with Crippen molar-refractivity contribution in [3.05, 3.63) is 204 Å². The molecule has 0 saturated carbocycles. The maximum absolute atomic E-state index is 4.75. The fourth-order valence-corrected chi connectivity index (χ4v) is 10.2. The third-order valence-electron chi connectivity index (χ3n) is 13.0. The van der Waals surface area contributed by atoms with E-state index in [0.29, 0.717) is 0 Å². The fraction of sp³-hybridized carbons (Fsp3) is 0.0545. The number of hydrogen-bond acceptors (Lipinski definition) is 0. The van der Waals surface area contributed by atoms with Gasteiger partial charge in [-0.25, -0.2) is 0 Å². The maximum Gasteiger partial charge on any atom is 0.0159 e. The van der Waals surface area contributed by atoms with Crippen molar-refractivity contribution in [1.82, 2.24) is 0 Å². The molecule has 0 spiro atoms. The highest BCUT2D eigenvalue weighted by molar-refractivity contribution is 6.20. The highest BCUT2D eigenvalue weighted by atomic mass is 14.4. The van der Waals surface area contributed by atoms with Crippen LogP contribution in [-0.2, 0) is 5.41 Å². The van der Waals surface area contributed by atoms with Crippen molar-refractivity contribution in [3.63, 3.8) is 0 Å². The van der Waals surface area contributed by atoms with E-state index in [4.69, 9.17) is 6.58 Å². The van der Waals surface area contributed by atoms with Gasteiger partial charge in [-0.05, 0) is 169 Å². The molecule has 0 atom stereocenters. The molecule has 0 amide bonds. The van der Waals surface area contributed by atoms with Crippen LogP contribution in [0, 0.1) is 0 Å². The standard InChI is InChI=1S/C55H36/c1-31(35-21-19-33-11-5-7-13-36(33)25-35)39-15-9-17-42-46-27-49-50-28-47-43-18-10-16-41-40(38-22-20-34-12-6-8-14-37(34)26-38)23-24-44(54(41)43)48(47)30-52(50)55(3,4)51(49)29-45(46)32(2)53(39)42/h5-30H,1-2H2,3-4H3. The Kier molecular flexibility index (Phi) is 5.96. The molecular formula is C55H36.